The summed E-state index contributed by atoms with van der Waals surface area (Å²) < 4.78 is 27.9. The van der Waals surface area contributed by atoms with Crippen molar-refractivity contribution in [3.05, 3.63) is 24.3 Å². The van der Waals surface area contributed by atoms with Crippen molar-refractivity contribution in [1.82, 2.24) is 0 Å². The van der Waals surface area contributed by atoms with E-state index in [0.717, 1.165) is 0 Å². The molecule has 0 unspecified atom stereocenters. The standard InChI is InChI=1S/C10H12F2N2O2/c11-9(12)5-16-6-10(15)14-8-4-2-1-3-7(8)13/h1-4,9H,5-6,13H2,(H,14,15). The zero-order valence-corrected chi connectivity index (χ0v) is 8.45. The van der Waals surface area contributed by atoms with Gasteiger partial charge in [-0.2, -0.15) is 0 Å². The van der Waals surface area contributed by atoms with Crippen LogP contribution >= 0.6 is 0 Å². The molecule has 0 saturated heterocycles. The van der Waals surface area contributed by atoms with E-state index in [0.29, 0.717) is 11.4 Å². The van der Waals surface area contributed by atoms with E-state index in [1.54, 1.807) is 24.3 Å². The van der Waals surface area contributed by atoms with E-state index < -0.39 is 25.5 Å². The third-order valence-electron chi connectivity index (χ3n) is 1.71. The molecule has 1 rings (SSSR count). The van der Waals surface area contributed by atoms with Crippen molar-refractivity contribution in [3.63, 3.8) is 0 Å². The number of nitrogens with two attached hydrogens (primary N) is 1. The van der Waals surface area contributed by atoms with E-state index in [1.165, 1.54) is 0 Å². The van der Waals surface area contributed by atoms with E-state index in [4.69, 9.17) is 5.73 Å². The number of hydrogen-bond donors (Lipinski definition) is 2. The maximum absolute atomic E-state index is 11.7. The zero-order valence-electron chi connectivity index (χ0n) is 8.45. The molecule has 0 spiro atoms. The van der Waals surface area contributed by atoms with E-state index in [-0.39, 0.29) is 0 Å². The van der Waals surface area contributed by atoms with Crippen LogP contribution in [0.1, 0.15) is 0 Å². The third-order valence-corrected chi connectivity index (χ3v) is 1.71. The first kappa shape index (κ1) is 12.4. The molecular weight excluding hydrogens is 218 g/mol. The third kappa shape index (κ3) is 4.22. The zero-order chi connectivity index (χ0) is 12.0. The van der Waals surface area contributed by atoms with Gasteiger partial charge >= 0.3 is 0 Å². The summed E-state index contributed by atoms with van der Waals surface area (Å²) in [5, 5.41) is 2.45. The summed E-state index contributed by atoms with van der Waals surface area (Å²) >= 11 is 0. The molecule has 3 N–H and O–H groups in total. The van der Waals surface area contributed by atoms with Gasteiger partial charge < -0.3 is 15.8 Å². The van der Waals surface area contributed by atoms with Crippen molar-refractivity contribution in [2.45, 2.75) is 6.43 Å². The smallest absolute Gasteiger partial charge is 0.261 e. The molecule has 16 heavy (non-hydrogen) atoms. The van der Waals surface area contributed by atoms with Gasteiger partial charge in [0.05, 0.1) is 11.4 Å². The number of nitrogens with one attached hydrogen (secondary N) is 1. The number of anilines is 2. The monoisotopic (exact) mass is 230 g/mol. The van der Waals surface area contributed by atoms with Crippen LogP contribution in [0.2, 0.25) is 0 Å². The summed E-state index contributed by atoms with van der Waals surface area (Å²) in [6.07, 6.45) is -2.57. The highest BCUT2D eigenvalue weighted by Gasteiger charge is 2.07. The van der Waals surface area contributed by atoms with Gasteiger partial charge in [0.25, 0.3) is 6.43 Å². The Morgan fingerprint density at radius 3 is 2.75 bits per heavy atom. The van der Waals surface area contributed by atoms with Crippen molar-refractivity contribution in [1.29, 1.82) is 0 Å². The van der Waals surface area contributed by atoms with Gasteiger partial charge in [-0.15, -0.1) is 0 Å². The number of benzene rings is 1. The maximum Gasteiger partial charge on any atom is 0.261 e. The Bertz CT molecular complexity index is 358. The lowest BCUT2D eigenvalue weighted by Crippen LogP contribution is -2.20. The Morgan fingerprint density at radius 1 is 1.44 bits per heavy atom. The molecule has 1 amide bonds. The van der Waals surface area contributed by atoms with Crippen molar-refractivity contribution in [2.75, 3.05) is 24.3 Å². The fourth-order valence-electron chi connectivity index (χ4n) is 1.04. The van der Waals surface area contributed by atoms with Crippen LogP contribution in [-0.4, -0.2) is 25.5 Å². The number of halogens is 2. The van der Waals surface area contributed by atoms with Crippen molar-refractivity contribution >= 4 is 17.3 Å². The molecule has 88 valence electrons. The minimum Gasteiger partial charge on any atom is -0.397 e. The molecule has 0 atom stereocenters. The second kappa shape index (κ2) is 6.02. The molecule has 0 radical (unpaired) electrons. The average Bonchev–Trinajstić information content (AvgIpc) is 2.21. The number of carbonyl (C=O) groups is 1. The highest BCUT2D eigenvalue weighted by molar-refractivity contribution is 5.94. The number of hydrogen-bond acceptors (Lipinski definition) is 3. The van der Waals surface area contributed by atoms with Gasteiger partial charge in [0.1, 0.15) is 13.2 Å². The summed E-state index contributed by atoms with van der Waals surface area (Å²) in [5.41, 5.74) is 6.42. The first-order valence-corrected chi connectivity index (χ1v) is 4.60. The van der Waals surface area contributed by atoms with Gasteiger partial charge in [-0.25, -0.2) is 8.78 Å². The number of amides is 1. The van der Waals surface area contributed by atoms with E-state index in [2.05, 4.69) is 10.1 Å². The Hall–Kier alpha value is -1.69. The molecule has 0 fully saturated rings. The lowest BCUT2D eigenvalue weighted by molar-refractivity contribution is -0.121. The number of alkyl halides is 2. The van der Waals surface area contributed by atoms with Gasteiger partial charge in [-0.1, -0.05) is 12.1 Å². The average molecular weight is 230 g/mol. The maximum atomic E-state index is 11.7. The van der Waals surface area contributed by atoms with Gasteiger partial charge in [0.15, 0.2) is 0 Å². The Kier molecular flexibility index (Phi) is 4.65. The number of para-hydroxylation sites is 2. The topological polar surface area (TPSA) is 64.3 Å². The molecule has 0 aliphatic rings. The molecule has 0 aliphatic heterocycles. The second-order valence-corrected chi connectivity index (χ2v) is 3.04. The van der Waals surface area contributed by atoms with Crippen LogP contribution in [0.3, 0.4) is 0 Å². The largest absolute Gasteiger partial charge is 0.397 e. The fourth-order valence-corrected chi connectivity index (χ4v) is 1.04. The van der Waals surface area contributed by atoms with Crippen LogP contribution in [0.25, 0.3) is 0 Å². The van der Waals surface area contributed by atoms with Crippen LogP contribution in [0, 0.1) is 0 Å². The molecule has 4 nitrogen and oxygen atoms in total. The number of ether oxygens (including phenoxy) is 1. The number of rotatable bonds is 5. The Labute approximate surface area is 91.4 Å². The van der Waals surface area contributed by atoms with Crippen LogP contribution in [0.4, 0.5) is 20.2 Å². The molecule has 0 aromatic heterocycles. The lowest BCUT2D eigenvalue weighted by atomic mass is 10.3. The van der Waals surface area contributed by atoms with Gasteiger partial charge in [0.2, 0.25) is 5.91 Å². The molecular formula is C10H12F2N2O2. The van der Waals surface area contributed by atoms with E-state index >= 15 is 0 Å². The molecule has 0 bridgehead atoms. The summed E-state index contributed by atoms with van der Waals surface area (Å²) in [7, 11) is 0. The summed E-state index contributed by atoms with van der Waals surface area (Å²) in [6.45, 7) is -1.17. The minimum absolute atomic E-state index is 0.407. The first-order chi connectivity index (χ1) is 7.59. The first-order valence-electron chi connectivity index (χ1n) is 4.60. The van der Waals surface area contributed by atoms with Crippen LogP contribution in [0.15, 0.2) is 24.3 Å². The normalized spacial score (nSPS) is 10.4. The second-order valence-electron chi connectivity index (χ2n) is 3.04. The molecule has 0 aliphatic carbocycles. The van der Waals surface area contributed by atoms with Crippen LogP contribution in [0.5, 0.6) is 0 Å². The predicted molar refractivity (Wildman–Crippen MR) is 56.3 cm³/mol. The summed E-state index contributed by atoms with van der Waals surface area (Å²) in [5.74, 6) is -0.515. The summed E-state index contributed by atoms with van der Waals surface area (Å²) in [4.78, 5) is 11.2. The molecule has 1 aromatic carbocycles. The molecule has 0 heterocycles. The van der Waals surface area contributed by atoms with Gasteiger partial charge in [-0.3, -0.25) is 4.79 Å². The quantitative estimate of drug-likeness (QED) is 0.753. The number of nitrogen functional groups attached to an aromatic ring is 1. The van der Waals surface area contributed by atoms with Gasteiger partial charge in [0, 0.05) is 0 Å². The number of carbonyl (C=O) groups excluding carboxylic acids is 1. The minimum atomic E-state index is -2.57. The molecule has 6 heteroatoms. The lowest BCUT2D eigenvalue weighted by Gasteiger charge is -2.07. The van der Waals surface area contributed by atoms with Crippen molar-refractivity contribution < 1.29 is 18.3 Å². The highest BCUT2D eigenvalue weighted by atomic mass is 19.3. The van der Waals surface area contributed by atoms with Crippen LogP contribution < -0.4 is 11.1 Å². The Balaban J connectivity index is 2.37. The van der Waals surface area contributed by atoms with Gasteiger partial charge in [-0.05, 0) is 12.1 Å². The predicted octanol–water partition coefficient (Wildman–Crippen LogP) is 1.49. The molecule has 1 aromatic rings. The van der Waals surface area contributed by atoms with Crippen molar-refractivity contribution in [3.8, 4) is 0 Å². The van der Waals surface area contributed by atoms with Crippen molar-refractivity contribution in [2.24, 2.45) is 0 Å². The van der Waals surface area contributed by atoms with E-state index in [9.17, 15) is 13.6 Å². The highest BCUT2D eigenvalue weighted by Crippen LogP contribution is 2.16. The molecule has 0 saturated carbocycles. The Morgan fingerprint density at radius 2 is 2.12 bits per heavy atom. The fraction of sp³-hybridized carbons (Fsp3) is 0.300. The SMILES string of the molecule is Nc1ccccc1NC(=O)COCC(F)F. The van der Waals surface area contributed by atoms with Crippen LogP contribution in [-0.2, 0) is 9.53 Å². The van der Waals surface area contributed by atoms with E-state index in [1.807, 2.05) is 0 Å². The summed E-state index contributed by atoms with van der Waals surface area (Å²) in [6, 6.07) is 6.65.